The Hall–Kier alpha value is -1.67. The largest absolute Gasteiger partial charge is 0.461 e. The lowest BCUT2D eigenvalue weighted by Gasteiger charge is -2.18. The SMILES string of the molecule is Cc1ccc(-c2cccc(CN3C[C@@H](CS(=O)(=O)N(C)C)[C@H](O)C3)c2)o1. The van der Waals surface area contributed by atoms with Crippen molar-refractivity contribution in [3.63, 3.8) is 0 Å². The fraction of sp³-hybridized carbons (Fsp3) is 0.474. The fourth-order valence-electron chi connectivity index (χ4n) is 3.32. The first-order chi connectivity index (χ1) is 12.2. The number of aliphatic hydroxyl groups is 1. The summed E-state index contributed by atoms with van der Waals surface area (Å²) in [5.74, 6) is 1.42. The van der Waals surface area contributed by atoms with Gasteiger partial charge in [-0.3, -0.25) is 4.90 Å². The number of hydrogen-bond acceptors (Lipinski definition) is 5. The number of aryl methyl sites for hydroxylation is 1. The van der Waals surface area contributed by atoms with Gasteiger partial charge in [0, 0.05) is 45.2 Å². The lowest BCUT2D eigenvalue weighted by Crippen LogP contribution is -2.33. The molecular weight excluding hydrogens is 352 g/mol. The summed E-state index contributed by atoms with van der Waals surface area (Å²) in [5, 5.41) is 10.3. The van der Waals surface area contributed by atoms with Crippen LogP contribution in [0.15, 0.2) is 40.8 Å². The molecule has 0 radical (unpaired) electrons. The van der Waals surface area contributed by atoms with Crippen molar-refractivity contribution < 1.29 is 17.9 Å². The molecule has 0 saturated carbocycles. The molecular formula is C19H26N2O4S. The van der Waals surface area contributed by atoms with E-state index < -0.39 is 16.1 Å². The van der Waals surface area contributed by atoms with Gasteiger partial charge >= 0.3 is 0 Å². The van der Waals surface area contributed by atoms with Crippen LogP contribution in [0.4, 0.5) is 0 Å². The van der Waals surface area contributed by atoms with Gasteiger partial charge in [-0.05, 0) is 30.7 Å². The molecule has 0 amide bonds. The molecule has 2 heterocycles. The second-order valence-electron chi connectivity index (χ2n) is 7.19. The summed E-state index contributed by atoms with van der Waals surface area (Å²) in [5.41, 5.74) is 2.13. The van der Waals surface area contributed by atoms with Gasteiger partial charge in [0.15, 0.2) is 0 Å². The summed E-state index contributed by atoms with van der Waals surface area (Å²) < 4.78 is 31.1. The van der Waals surface area contributed by atoms with Crippen LogP contribution < -0.4 is 0 Å². The molecule has 6 nitrogen and oxygen atoms in total. The van der Waals surface area contributed by atoms with Crippen molar-refractivity contribution in [1.82, 2.24) is 9.21 Å². The molecule has 1 aliphatic rings. The number of likely N-dealkylation sites (tertiary alicyclic amines) is 1. The first-order valence-corrected chi connectivity index (χ1v) is 10.3. The number of aliphatic hydroxyl groups excluding tert-OH is 1. The topological polar surface area (TPSA) is 74.0 Å². The third kappa shape index (κ3) is 4.35. The van der Waals surface area contributed by atoms with E-state index in [1.165, 1.54) is 18.4 Å². The molecule has 2 atom stereocenters. The van der Waals surface area contributed by atoms with E-state index in [2.05, 4.69) is 11.0 Å². The Morgan fingerprint density at radius 1 is 1.23 bits per heavy atom. The smallest absolute Gasteiger partial charge is 0.214 e. The second kappa shape index (κ2) is 7.52. The van der Waals surface area contributed by atoms with E-state index in [0.29, 0.717) is 19.6 Å². The molecule has 1 aromatic carbocycles. The molecule has 1 aliphatic heterocycles. The molecule has 7 heteroatoms. The van der Waals surface area contributed by atoms with Crippen molar-refractivity contribution in [2.45, 2.75) is 19.6 Å². The molecule has 3 rings (SSSR count). The first-order valence-electron chi connectivity index (χ1n) is 8.71. The highest BCUT2D eigenvalue weighted by atomic mass is 32.2. The van der Waals surface area contributed by atoms with Crippen molar-refractivity contribution in [3.8, 4) is 11.3 Å². The van der Waals surface area contributed by atoms with Crippen molar-refractivity contribution in [2.75, 3.05) is 32.9 Å². The molecule has 26 heavy (non-hydrogen) atoms. The molecule has 1 N–H and O–H groups in total. The van der Waals surface area contributed by atoms with E-state index in [9.17, 15) is 13.5 Å². The Labute approximate surface area is 155 Å². The Morgan fingerprint density at radius 2 is 2.00 bits per heavy atom. The minimum Gasteiger partial charge on any atom is -0.461 e. The van der Waals surface area contributed by atoms with Gasteiger partial charge in [-0.1, -0.05) is 18.2 Å². The number of furan rings is 1. The van der Waals surface area contributed by atoms with Gasteiger partial charge < -0.3 is 9.52 Å². The van der Waals surface area contributed by atoms with Gasteiger partial charge in [0.05, 0.1) is 11.9 Å². The zero-order valence-electron chi connectivity index (χ0n) is 15.4. The number of benzene rings is 1. The molecule has 0 spiro atoms. The van der Waals surface area contributed by atoms with Crippen LogP contribution in [0, 0.1) is 12.8 Å². The van der Waals surface area contributed by atoms with Gasteiger partial charge in [-0.15, -0.1) is 0 Å². The Kier molecular flexibility index (Phi) is 5.53. The minimum absolute atomic E-state index is 0.0244. The van der Waals surface area contributed by atoms with Crippen molar-refractivity contribution >= 4 is 10.0 Å². The summed E-state index contributed by atoms with van der Waals surface area (Å²) >= 11 is 0. The summed E-state index contributed by atoms with van der Waals surface area (Å²) in [6.07, 6.45) is -0.624. The lowest BCUT2D eigenvalue weighted by molar-refractivity contribution is 0.148. The fourth-order valence-corrected chi connectivity index (χ4v) is 4.49. The zero-order chi connectivity index (χ0) is 18.9. The third-order valence-corrected chi connectivity index (χ3v) is 6.78. The van der Waals surface area contributed by atoms with Crippen molar-refractivity contribution in [2.24, 2.45) is 5.92 Å². The van der Waals surface area contributed by atoms with Gasteiger partial charge in [0.2, 0.25) is 10.0 Å². The second-order valence-corrected chi connectivity index (χ2v) is 9.42. The van der Waals surface area contributed by atoms with Crippen LogP contribution in [-0.2, 0) is 16.6 Å². The van der Waals surface area contributed by atoms with Crippen molar-refractivity contribution in [1.29, 1.82) is 0 Å². The molecule has 0 bridgehead atoms. The number of β-amino-alcohol motifs (C(OH)–C–C–N with tert-alkyl or cyclic N) is 1. The van der Waals surface area contributed by atoms with Gasteiger partial charge in [-0.2, -0.15) is 0 Å². The molecule has 142 valence electrons. The Morgan fingerprint density at radius 3 is 2.65 bits per heavy atom. The summed E-state index contributed by atoms with van der Waals surface area (Å²) in [6, 6.07) is 12.0. The van der Waals surface area contributed by atoms with Crippen LogP contribution in [0.5, 0.6) is 0 Å². The molecule has 2 aromatic rings. The van der Waals surface area contributed by atoms with Crippen LogP contribution in [0.3, 0.4) is 0 Å². The molecule has 0 aliphatic carbocycles. The van der Waals surface area contributed by atoms with E-state index >= 15 is 0 Å². The van der Waals surface area contributed by atoms with E-state index in [0.717, 1.165) is 22.6 Å². The number of rotatable bonds is 6. The van der Waals surface area contributed by atoms with E-state index in [-0.39, 0.29) is 11.7 Å². The number of nitrogens with zero attached hydrogens (tertiary/aromatic N) is 2. The van der Waals surface area contributed by atoms with E-state index in [1.54, 1.807) is 0 Å². The predicted octanol–water partition coefficient (Wildman–Crippen LogP) is 1.94. The molecule has 0 unspecified atom stereocenters. The minimum atomic E-state index is -3.32. The molecule has 1 saturated heterocycles. The standard InChI is InChI=1S/C19H26N2O4S/c1-14-7-8-19(25-14)16-6-4-5-15(9-16)10-21-11-17(18(22)12-21)13-26(23,24)20(2)3/h4-9,17-18,22H,10-13H2,1-3H3/t17-,18+/m0/s1. The summed E-state index contributed by atoms with van der Waals surface area (Å²) in [7, 11) is -0.269. The number of sulfonamides is 1. The maximum absolute atomic E-state index is 12.1. The van der Waals surface area contributed by atoms with Gasteiger partial charge in [0.25, 0.3) is 0 Å². The maximum atomic E-state index is 12.1. The molecule has 1 fully saturated rings. The van der Waals surface area contributed by atoms with E-state index in [4.69, 9.17) is 4.42 Å². The van der Waals surface area contributed by atoms with Crippen LogP contribution in [-0.4, -0.2) is 61.8 Å². The third-order valence-electron chi connectivity index (χ3n) is 4.82. The first kappa shape index (κ1) is 19.1. The average Bonchev–Trinajstić information content (AvgIpc) is 3.13. The zero-order valence-corrected chi connectivity index (χ0v) is 16.2. The van der Waals surface area contributed by atoms with Crippen LogP contribution in [0.2, 0.25) is 0 Å². The Balaban J connectivity index is 1.67. The normalized spacial score (nSPS) is 21.6. The van der Waals surface area contributed by atoms with Crippen LogP contribution in [0.25, 0.3) is 11.3 Å². The highest BCUT2D eigenvalue weighted by Crippen LogP contribution is 2.25. The summed E-state index contributed by atoms with van der Waals surface area (Å²) in [4.78, 5) is 2.10. The van der Waals surface area contributed by atoms with Crippen molar-refractivity contribution in [3.05, 3.63) is 47.7 Å². The quantitative estimate of drug-likeness (QED) is 0.832. The average molecular weight is 378 g/mol. The number of hydrogen-bond donors (Lipinski definition) is 1. The molecule has 1 aromatic heterocycles. The summed E-state index contributed by atoms with van der Waals surface area (Å²) in [6.45, 7) is 3.64. The lowest BCUT2D eigenvalue weighted by atomic mass is 10.1. The monoisotopic (exact) mass is 378 g/mol. The van der Waals surface area contributed by atoms with E-state index in [1.807, 2.05) is 37.3 Å². The van der Waals surface area contributed by atoms with Gasteiger partial charge in [-0.25, -0.2) is 12.7 Å². The highest BCUT2D eigenvalue weighted by Gasteiger charge is 2.35. The Bertz CT molecular complexity index is 860. The van der Waals surface area contributed by atoms with Crippen LogP contribution >= 0.6 is 0 Å². The predicted molar refractivity (Wildman–Crippen MR) is 101 cm³/mol. The van der Waals surface area contributed by atoms with Crippen LogP contribution in [0.1, 0.15) is 11.3 Å². The highest BCUT2D eigenvalue weighted by molar-refractivity contribution is 7.89. The maximum Gasteiger partial charge on any atom is 0.214 e. The van der Waals surface area contributed by atoms with Gasteiger partial charge in [0.1, 0.15) is 11.5 Å².